The zero-order valence-corrected chi connectivity index (χ0v) is 13.5. The molecule has 4 bridgehead atoms. The summed E-state index contributed by atoms with van der Waals surface area (Å²) in [7, 11) is -0.0231. The lowest BCUT2D eigenvalue weighted by atomic mass is 9.50. The third-order valence-corrected chi connectivity index (χ3v) is 9.25. The lowest BCUT2D eigenvalue weighted by molar-refractivity contribution is -0.200. The summed E-state index contributed by atoms with van der Waals surface area (Å²) < 4.78 is 6.15. The van der Waals surface area contributed by atoms with Gasteiger partial charge < -0.3 is 4.74 Å². The molecule has 5 rings (SSSR count). The minimum atomic E-state index is -0.112. The molecule has 20 heavy (non-hydrogen) atoms. The fraction of sp³-hybridized carbons (Fsp3) is 0.941. The van der Waals surface area contributed by atoms with E-state index in [1.54, 1.807) is 0 Å². The molecule has 0 aromatic rings. The van der Waals surface area contributed by atoms with E-state index in [-0.39, 0.29) is 22.5 Å². The maximum atomic E-state index is 12.4. The SMILES string of the molecule is CC1(OC(=O)C[SH]2CCCC2)C2CC3CC(C2)CC1C3. The van der Waals surface area contributed by atoms with Gasteiger partial charge in [-0.05, 0) is 87.0 Å². The topological polar surface area (TPSA) is 26.3 Å². The highest BCUT2D eigenvalue weighted by molar-refractivity contribution is 8.17. The van der Waals surface area contributed by atoms with Crippen molar-refractivity contribution >= 4 is 16.9 Å². The first-order chi connectivity index (χ1) is 9.63. The van der Waals surface area contributed by atoms with E-state index in [1.807, 2.05) is 0 Å². The summed E-state index contributed by atoms with van der Waals surface area (Å²) in [6, 6.07) is 0. The van der Waals surface area contributed by atoms with Gasteiger partial charge in [0, 0.05) is 0 Å². The summed E-state index contributed by atoms with van der Waals surface area (Å²) in [4.78, 5) is 12.4. The zero-order chi connectivity index (χ0) is 13.7. The average molecular weight is 296 g/mol. The number of thiol groups is 1. The Kier molecular flexibility index (Phi) is 3.32. The van der Waals surface area contributed by atoms with Crippen molar-refractivity contribution in [2.24, 2.45) is 23.7 Å². The van der Waals surface area contributed by atoms with Crippen LogP contribution in [-0.2, 0) is 9.53 Å². The molecule has 0 amide bonds. The monoisotopic (exact) mass is 296 g/mol. The van der Waals surface area contributed by atoms with Crippen molar-refractivity contribution < 1.29 is 9.53 Å². The Bertz CT molecular complexity index is 372. The number of rotatable bonds is 3. The number of carbonyl (C=O) groups is 1. The van der Waals surface area contributed by atoms with E-state index >= 15 is 0 Å². The van der Waals surface area contributed by atoms with E-state index in [1.165, 1.54) is 56.5 Å². The van der Waals surface area contributed by atoms with E-state index in [0.717, 1.165) is 17.6 Å². The second kappa shape index (κ2) is 4.93. The zero-order valence-electron chi connectivity index (χ0n) is 12.6. The van der Waals surface area contributed by atoms with Crippen molar-refractivity contribution in [1.29, 1.82) is 0 Å². The molecule has 0 aromatic carbocycles. The molecule has 0 aromatic heterocycles. The van der Waals surface area contributed by atoms with Crippen molar-refractivity contribution in [3.05, 3.63) is 0 Å². The van der Waals surface area contributed by atoms with Gasteiger partial charge in [-0.25, -0.2) is 10.9 Å². The summed E-state index contributed by atoms with van der Waals surface area (Å²) in [5, 5.41) is 0. The van der Waals surface area contributed by atoms with Crippen LogP contribution >= 0.6 is 10.9 Å². The number of carbonyl (C=O) groups excluding carboxylic acids is 1. The molecule has 4 saturated carbocycles. The number of ether oxygens (including phenoxy) is 1. The van der Waals surface area contributed by atoms with E-state index in [2.05, 4.69) is 6.92 Å². The van der Waals surface area contributed by atoms with Gasteiger partial charge in [-0.3, -0.25) is 4.79 Å². The third kappa shape index (κ3) is 2.20. The molecule has 1 heterocycles. The average Bonchev–Trinajstić information content (AvgIpc) is 2.88. The third-order valence-electron chi connectivity index (χ3n) is 6.64. The first kappa shape index (κ1) is 13.5. The molecular formula is C17H28O2S. The van der Waals surface area contributed by atoms with Crippen LogP contribution in [-0.4, -0.2) is 28.8 Å². The van der Waals surface area contributed by atoms with Gasteiger partial charge in [0.2, 0.25) is 0 Å². The summed E-state index contributed by atoms with van der Waals surface area (Å²) in [6.45, 7) is 2.26. The van der Waals surface area contributed by atoms with Gasteiger partial charge in [-0.2, -0.15) is 0 Å². The van der Waals surface area contributed by atoms with Crippen LogP contribution in [0.15, 0.2) is 0 Å². The first-order valence-electron chi connectivity index (χ1n) is 8.57. The molecule has 1 aliphatic heterocycles. The summed E-state index contributed by atoms with van der Waals surface area (Å²) in [6.07, 6.45) is 9.44. The highest BCUT2D eigenvalue weighted by Crippen LogP contribution is 2.59. The molecular weight excluding hydrogens is 268 g/mol. The molecule has 114 valence electrons. The molecule has 5 fully saturated rings. The van der Waals surface area contributed by atoms with Crippen molar-refractivity contribution in [3.8, 4) is 0 Å². The lowest BCUT2D eigenvalue weighted by Crippen LogP contribution is -2.58. The van der Waals surface area contributed by atoms with Crippen molar-refractivity contribution in [2.75, 3.05) is 17.3 Å². The molecule has 5 aliphatic rings. The number of hydrogen-bond acceptors (Lipinski definition) is 2. The molecule has 0 unspecified atom stereocenters. The second-order valence-corrected chi connectivity index (χ2v) is 10.5. The number of hydrogen-bond donors (Lipinski definition) is 1. The van der Waals surface area contributed by atoms with E-state index in [4.69, 9.17) is 4.74 Å². The minimum absolute atomic E-state index is 0.0231. The largest absolute Gasteiger partial charge is 0.458 e. The van der Waals surface area contributed by atoms with E-state index < -0.39 is 0 Å². The Morgan fingerprint density at radius 3 is 2.15 bits per heavy atom. The van der Waals surface area contributed by atoms with Crippen LogP contribution in [0.1, 0.15) is 51.9 Å². The number of esters is 1. The van der Waals surface area contributed by atoms with Gasteiger partial charge in [0.05, 0.1) is 5.75 Å². The van der Waals surface area contributed by atoms with Crippen LogP contribution in [0.4, 0.5) is 0 Å². The standard InChI is InChI=1S/C17H28O2S/c1-17(19-16(18)11-20-4-2-3-5-20)14-7-12-6-13(9-14)10-15(17)8-12/h12-15,20H,2-11H2,1H3. The van der Waals surface area contributed by atoms with Gasteiger partial charge in [0.25, 0.3) is 0 Å². The van der Waals surface area contributed by atoms with Gasteiger partial charge in [0.1, 0.15) is 5.60 Å². The van der Waals surface area contributed by atoms with Gasteiger partial charge in [-0.15, -0.1) is 0 Å². The quantitative estimate of drug-likeness (QED) is 0.637. The molecule has 4 aliphatic carbocycles. The van der Waals surface area contributed by atoms with Crippen LogP contribution in [0.3, 0.4) is 0 Å². The Morgan fingerprint density at radius 2 is 1.60 bits per heavy atom. The lowest BCUT2D eigenvalue weighted by Gasteiger charge is -2.59. The van der Waals surface area contributed by atoms with Crippen molar-refractivity contribution in [1.82, 2.24) is 0 Å². The summed E-state index contributed by atoms with van der Waals surface area (Å²) in [5.41, 5.74) is -0.112. The Hall–Kier alpha value is -0.180. The summed E-state index contributed by atoms with van der Waals surface area (Å²) >= 11 is 0. The Labute approximate surface area is 125 Å². The second-order valence-electron chi connectivity index (χ2n) is 7.95. The normalized spacial score (nSPS) is 47.8. The van der Waals surface area contributed by atoms with Crippen LogP contribution in [0.25, 0.3) is 0 Å². The van der Waals surface area contributed by atoms with Crippen molar-refractivity contribution in [3.63, 3.8) is 0 Å². The van der Waals surface area contributed by atoms with E-state index in [9.17, 15) is 4.79 Å². The van der Waals surface area contributed by atoms with Crippen LogP contribution in [0.5, 0.6) is 0 Å². The smallest absolute Gasteiger partial charge is 0.314 e. The fourth-order valence-electron chi connectivity index (χ4n) is 5.69. The molecule has 0 radical (unpaired) electrons. The Balaban J connectivity index is 1.43. The van der Waals surface area contributed by atoms with E-state index in [0.29, 0.717) is 11.8 Å². The van der Waals surface area contributed by atoms with Crippen LogP contribution in [0, 0.1) is 23.7 Å². The van der Waals surface area contributed by atoms with Gasteiger partial charge in [-0.1, -0.05) is 0 Å². The molecule has 3 heteroatoms. The highest BCUT2D eigenvalue weighted by atomic mass is 32.2. The predicted molar refractivity (Wildman–Crippen MR) is 84.4 cm³/mol. The molecule has 1 saturated heterocycles. The fourth-order valence-corrected chi connectivity index (χ4v) is 8.00. The van der Waals surface area contributed by atoms with Crippen LogP contribution in [0.2, 0.25) is 0 Å². The maximum Gasteiger partial charge on any atom is 0.314 e. The Morgan fingerprint density at radius 1 is 1.05 bits per heavy atom. The molecule has 0 atom stereocenters. The molecule has 0 N–H and O–H groups in total. The highest BCUT2D eigenvalue weighted by Gasteiger charge is 2.57. The maximum absolute atomic E-state index is 12.4. The summed E-state index contributed by atoms with van der Waals surface area (Å²) in [5.74, 6) is 6.71. The van der Waals surface area contributed by atoms with Gasteiger partial charge >= 0.3 is 5.97 Å². The van der Waals surface area contributed by atoms with Crippen molar-refractivity contribution in [2.45, 2.75) is 57.5 Å². The predicted octanol–water partition coefficient (Wildman–Crippen LogP) is 3.54. The molecule has 2 nitrogen and oxygen atoms in total. The van der Waals surface area contributed by atoms with Crippen LogP contribution < -0.4 is 0 Å². The first-order valence-corrected chi connectivity index (χ1v) is 10.5. The minimum Gasteiger partial charge on any atom is -0.458 e. The van der Waals surface area contributed by atoms with Gasteiger partial charge in [0.15, 0.2) is 0 Å². The molecule has 0 spiro atoms.